The molecule has 0 saturated heterocycles. The lowest BCUT2D eigenvalue weighted by Gasteiger charge is -2.25. The number of rotatable bonds is 4. The number of aryl methyl sites for hydroxylation is 2. The molecule has 4 nitrogen and oxygen atoms in total. The fourth-order valence-corrected chi connectivity index (χ4v) is 4.91. The van der Waals surface area contributed by atoms with Crippen LogP contribution in [0.3, 0.4) is 0 Å². The summed E-state index contributed by atoms with van der Waals surface area (Å²) < 4.78 is 31.7. The molecule has 0 fully saturated rings. The minimum absolute atomic E-state index is 0.0902. The molecular weight excluding hydrogens is 334 g/mol. The lowest BCUT2D eigenvalue weighted by Crippen LogP contribution is -2.34. The summed E-state index contributed by atoms with van der Waals surface area (Å²) in [5.74, 6) is -0.0902. The van der Waals surface area contributed by atoms with E-state index in [2.05, 4.69) is 24.9 Å². The maximum absolute atomic E-state index is 13.1. The summed E-state index contributed by atoms with van der Waals surface area (Å²) in [5, 5.41) is -0.926. The molecule has 3 atom stereocenters. The average molecular weight is 357 g/mol. The monoisotopic (exact) mass is 357 g/mol. The molecule has 0 N–H and O–H groups in total. The van der Waals surface area contributed by atoms with Crippen LogP contribution in [0.1, 0.15) is 35.1 Å². The number of hydrogen-bond acceptors (Lipinski definition) is 4. The summed E-state index contributed by atoms with van der Waals surface area (Å²) in [6, 6.07) is 13.0. The molecule has 1 aliphatic rings. The number of benzene rings is 2. The molecule has 3 rings (SSSR count). The summed E-state index contributed by atoms with van der Waals surface area (Å²) in [6.45, 7) is 8.04. The van der Waals surface area contributed by atoms with Gasteiger partial charge in [0.1, 0.15) is 6.10 Å². The first-order valence-electron chi connectivity index (χ1n) is 8.36. The molecule has 0 aliphatic carbocycles. The van der Waals surface area contributed by atoms with Gasteiger partial charge in [-0.25, -0.2) is 13.4 Å². The van der Waals surface area contributed by atoms with Gasteiger partial charge in [-0.15, -0.1) is 0 Å². The van der Waals surface area contributed by atoms with E-state index >= 15 is 0 Å². The topological polar surface area (TPSA) is 55.7 Å². The van der Waals surface area contributed by atoms with E-state index in [0.717, 1.165) is 16.7 Å². The molecule has 0 radical (unpaired) electrons. The lowest BCUT2D eigenvalue weighted by atomic mass is 9.89. The molecule has 3 unspecified atom stereocenters. The van der Waals surface area contributed by atoms with Crippen LogP contribution in [0.2, 0.25) is 0 Å². The molecule has 1 heterocycles. The van der Waals surface area contributed by atoms with Crippen LogP contribution in [0.5, 0.6) is 0 Å². The van der Waals surface area contributed by atoms with Crippen molar-refractivity contribution in [2.24, 2.45) is 4.99 Å². The van der Waals surface area contributed by atoms with Crippen LogP contribution in [-0.2, 0) is 14.6 Å². The summed E-state index contributed by atoms with van der Waals surface area (Å²) in [4.78, 5) is 4.43. The largest absolute Gasteiger partial charge is 0.476 e. The van der Waals surface area contributed by atoms with Gasteiger partial charge < -0.3 is 4.74 Å². The molecule has 0 bridgehead atoms. The van der Waals surface area contributed by atoms with Gasteiger partial charge in [0.25, 0.3) is 0 Å². The first-order valence-corrected chi connectivity index (χ1v) is 9.91. The number of aliphatic imine (C=N–C) groups is 1. The maximum Gasteiger partial charge on any atom is 0.205 e. The Balaban J connectivity index is 1.95. The highest BCUT2D eigenvalue weighted by atomic mass is 32.2. The third kappa shape index (κ3) is 3.21. The van der Waals surface area contributed by atoms with Crippen molar-refractivity contribution in [3.05, 3.63) is 64.7 Å². The Morgan fingerprint density at radius 2 is 1.72 bits per heavy atom. The second-order valence-corrected chi connectivity index (χ2v) is 8.73. The van der Waals surface area contributed by atoms with E-state index in [1.54, 1.807) is 24.3 Å². The van der Waals surface area contributed by atoms with Crippen LogP contribution in [0.4, 0.5) is 0 Å². The molecule has 0 aromatic heterocycles. The second-order valence-electron chi connectivity index (χ2n) is 6.68. The van der Waals surface area contributed by atoms with Crippen LogP contribution in [0.25, 0.3) is 0 Å². The van der Waals surface area contributed by atoms with Gasteiger partial charge in [0.2, 0.25) is 9.84 Å². The molecule has 2 aromatic carbocycles. The van der Waals surface area contributed by atoms with E-state index in [4.69, 9.17) is 4.74 Å². The molecule has 5 heteroatoms. The third-order valence-corrected chi connectivity index (χ3v) is 6.96. The fraction of sp³-hybridized carbons (Fsp3) is 0.350. The molecule has 0 saturated carbocycles. The van der Waals surface area contributed by atoms with E-state index in [9.17, 15) is 8.42 Å². The number of ether oxygens (including phenoxy) is 1. The quantitative estimate of drug-likeness (QED) is 0.833. The first-order chi connectivity index (χ1) is 11.8. The van der Waals surface area contributed by atoms with Gasteiger partial charge in [-0.1, -0.05) is 42.8 Å². The van der Waals surface area contributed by atoms with Crippen LogP contribution in [0, 0.1) is 20.8 Å². The first kappa shape index (κ1) is 17.7. The van der Waals surface area contributed by atoms with Gasteiger partial charge >= 0.3 is 0 Å². The highest BCUT2D eigenvalue weighted by Crippen LogP contribution is 2.34. The minimum Gasteiger partial charge on any atom is -0.476 e. The van der Waals surface area contributed by atoms with E-state index < -0.39 is 21.3 Å². The Labute approximate surface area is 149 Å². The molecular formula is C20H23NO3S. The Hall–Kier alpha value is -2.14. The molecule has 132 valence electrons. The Bertz CT molecular complexity index is 901. The highest BCUT2D eigenvalue weighted by Gasteiger charge is 2.42. The van der Waals surface area contributed by atoms with Gasteiger partial charge in [-0.3, -0.25) is 0 Å². The molecule has 2 aromatic rings. The molecule has 25 heavy (non-hydrogen) atoms. The van der Waals surface area contributed by atoms with Crippen LogP contribution >= 0.6 is 0 Å². The van der Waals surface area contributed by atoms with E-state index in [1.165, 1.54) is 12.0 Å². The average Bonchev–Trinajstić information content (AvgIpc) is 3.08. The standard InChI is InChI=1S/C20H23NO3S/c1-13-8-10-17(11-9-13)25(22,23)20-19(24-12-21-20)16(4)18-7-5-6-14(2)15(18)3/h5-12,16,19-20H,1-4H3. The maximum atomic E-state index is 13.1. The number of sulfone groups is 1. The van der Waals surface area contributed by atoms with Crippen LogP contribution in [0.15, 0.2) is 52.4 Å². The SMILES string of the molecule is Cc1ccc(S(=O)(=O)C2N=COC2C(C)c2cccc(C)c2C)cc1. The van der Waals surface area contributed by atoms with Gasteiger partial charge in [-0.05, 0) is 49.6 Å². The van der Waals surface area contributed by atoms with Crippen molar-refractivity contribution in [3.63, 3.8) is 0 Å². The smallest absolute Gasteiger partial charge is 0.205 e. The minimum atomic E-state index is -3.60. The lowest BCUT2D eigenvalue weighted by molar-refractivity contribution is 0.193. The summed E-state index contributed by atoms with van der Waals surface area (Å²) in [7, 11) is -3.60. The van der Waals surface area contributed by atoms with Gasteiger partial charge in [0.15, 0.2) is 11.8 Å². The summed E-state index contributed by atoms with van der Waals surface area (Å²) >= 11 is 0. The summed E-state index contributed by atoms with van der Waals surface area (Å²) in [6.07, 6.45) is 0.745. The predicted octanol–water partition coefficient (Wildman–Crippen LogP) is 3.94. The van der Waals surface area contributed by atoms with Crippen LogP contribution in [-0.4, -0.2) is 26.3 Å². The fourth-order valence-electron chi connectivity index (χ4n) is 3.25. The van der Waals surface area contributed by atoms with Crippen molar-refractivity contribution >= 4 is 16.2 Å². The Morgan fingerprint density at radius 3 is 2.40 bits per heavy atom. The van der Waals surface area contributed by atoms with Crippen molar-refractivity contribution in [1.29, 1.82) is 0 Å². The second kappa shape index (κ2) is 6.64. The Kier molecular flexibility index (Phi) is 4.69. The van der Waals surface area contributed by atoms with Gasteiger partial charge in [-0.2, -0.15) is 0 Å². The summed E-state index contributed by atoms with van der Waals surface area (Å²) in [5.41, 5.74) is 4.46. The van der Waals surface area contributed by atoms with E-state index in [-0.39, 0.29) is 10.8 Å². The van der Waals surface area contributed by atoms with Crippen molar-refractivity contribution in [3.8, 4) is 0 Å². The van der Waals surface area contributed by atoms with Crippen molar-refractivity contribution < 1.29 is 13.2 Å². The Morgan fingerprint density at radius 1 is 1.04 bits per heavy atom. The van der Waals surface area contributed by atoms with E-state index in [1.807, 2.05) is 26.0 Å². The number of nitrogens with zero attached hydrogens (tertiary/aromatic N) is 1. The van der Waals surface area contributed by atoms with Crippen LogP contribution < -0.4 is 0 Å². The van der Waals surface area contributed by atoms with Gasteiger partial charge in [0, 0.05) is 5.92 Å². The molecule has 1 aliphatic heterocycles. The zero-order valence-electron chi connectivity index (χ0n) is 14.9. The molecule has 0 amide bonds. The molecule has 0 spiro atoms. The van der Waals surface area contributed by atoms with E-state index in [0.29, 0.717) is 0 Å². The predicted molar refractivity (Wildman–Crippen MR) is 99.8 cm³/mol. The number of hydrogen-bond donors (Lipinski definition) is 0. The van der Waals surface area contributed by atoms with Crippen molar-refractivity contribution in [2.75, 3.05) is 0 Å². The van der Waals surface area contributed by atoms with Crippen molar-refractivity contribution in [2.45, 2.75) is 50.0 Å². The highest BCUT2D eigenvalue weighted by molar-refractivity contribution is 7.92. The van der Waals surface area contributed by atoms with Gasteiger partial charge in [0.05, 0.1) is 4.90 Å². The van der Waals surface area contributed by atoms with Crippen molar-refractivity contribution in [1.82, 2.24) is 0 Å². The third-order valence-electron chi connectivity index (χ3n) is 5.00. The normalized spacial score (nSPS) is 21.1. The zero-order chi connectivity index (χ0) is 18.2. The zero-order valence-corrected chi connectivity index (χ0v) is 15.7.